The van der Waals surface area contributed by atoms with Crippen LogP contribution in [0.3, 0.4) is 0 Å². The second-order valence-corrected chi connectivity index (χ2v) is 7.37. The zero-order valence-electron chi connectivity index (χ0n) is 8.96. The summed E-state index contributed by atoms with van der Waals surface area (Å²) in [6.45, 7) is 0. The van der Waals surface area contributed by atoms with Crippen molar-refractivity contribution in [2.45, 2.75) is 12.5 Å². The van der Waals surface area contributed by atoms with Crippen molar-refractivity contribution in [3.63, 3.8) is 0 Å². The highest BCUT2D eigenvalue weighted by Crippen LogP contribution is 2.36. The molecule has 6 heteroatoms. The van der Waals surface area contributed by atoms with Crippen LogP contribution in [0.5, 0.6) is 0 Å². The number of halogens is 4. The maximum absolute atomic E-state index is 13.7. The average molecular weight is 415 g/mol. The fourth-order valence-corrected chi connectivity index (χ4v) is 3.81. The Kier molecular flexibility index (Phi) is 4.83. The molecular formula is C12H8Br2ClFOS. The summed E-state index contributed by atoms with van der Waals surface area (Å²) >= 11 is 13.8. The zero-order chi connectivity index (χ0) is 13.3. The lowest BCUT2D eigenvalue weighted by Crippen LogP contribution is -2.02. The van der Waals surface area contributed by atoms with Crippen molar-refractivity contribution < 1.29 is 9.50 Å². The van der Waals surface area contributed by atoms with E-state index in [1.165, 1.54) is 17.4 Å². The Morgan fingerprint density at radius 2 is 2.11 bits per heavy atom. The molecule has 0 aliphatic rings. The van der Waals surface area contributed by atoms with Crippen LogP contribution in [0.15, 0.2) is 32.5 Å². The number of hydrogen-bond donors (Lipinski definition) is 1. The molecule has 2 aromatic rings. The first kappa shape index (κ1) is 14.5. The standard InChI is InChI=1S/C12H8Br2ClFOS/c13-7-5-10(18-12(7)14)9(17)4-6-2-1-3-8(15)11(6)16/h1-3,5,9,17H,4H2. The summed E-state index contributed by atoms with van der Waals surface area (Å²) < 4.78 is 15.5. The maximum Gasteiger partial charge on any atom is 0.145 e. The minimum atomic E-state index is -0.745. The molecule has 0 bridgehead atoms. The van der Waals surface area contributed by atoms with Crippen LogP contribution in [-0.4, -0.2) is 5.11 Å². The Hall–Kier alpha value is 0.0600. The zero-order valence-corrected chi connectivity index (χ0v) is 13.7. The van der Waals surface area contributed by atoms with E-state index < -0.39 is 11.9 Å². The molecular weight excluding hydrogens is 406 g/mol. The molecule has 18 heavy (non-hydrogen) atoms. The van der Waals surface area contributed by atoms with E-state index in [9.17, 15) is 9.50 Å². The van der Waals surface area contributed by atoms with E-state index in [-0.39, 0.29) is 11.4 Å². The fourth-order valence-electron chi connectivity index (χ4n) is 1.54. The molecule has 96 valence electrons. The largest absolute Gasteiger partial charge is 0.387 e. The predicted octanol–water partition coefficient (Wildman–Crippen LogP) is 5.34. The average Bonchev–Trinajstić information content (AvgIpc) is 2.66. The maximum atomic E-state index is 13.7. The van der Waals surface area contributed by atoms with E-state index in [2.05, 4.69) is 31.9 Å². The number of hydrogen-bond acceptors (Lipinski definition) is 2. The van der Waals surface area contributed by atoms with Crippen molar-refractivity contribution in [3.05, 3.63) is 53.8 Å². The summed E-state index contributed by atoms with van der Waals surface area (Å²) in [6.07, 6.45) is -0.545. The van der Waals surface area contributed by atoms with E-state index >= 15 is 0 Å². The first-order valence-corrected chi connectivity index (χ1v) is 7.82. The van der Waals surface area contributed by atoms with Gasteiger partial charge < -0.3 is 5.11 Å². The molecule has 1 N–H and O–H groups in total. The summed E-state index contributed by atoms with van der Waals surface area (Å²) in [4.78, 5) is 0.771. The van der Waals surface area contributed by atoms with Gasteiger partial charge in [0.1, 0.15) is 5.82 Å². The highest BCUT2D eigenvalue weighted by Gasteiger charge is 2.16. The summed E-state index contributed by atoms with van der Waals surface area (Å²) in [7, 11) is 0. The molecule has 0 amide bonds. The molecule has 2 rings (SSSR count). The predicted molar refractivity (Wildman–Crippen MR) is 79.8 cm³/mol. The summed E-state index contributed by atoms with van der Waals surface area (Å²) in [5.74, 6) is -0.465. The second kappa shape index (κ2) is 6.01. The lowest BCUT2D eigenvalue weighted by molar-refractivity contribution is 0.181. The van der Waals surface area contributed by atoms with E-state index in [0.717, 1.165) is 13.1 Å². The topological polar surface area (TPSA) is 20.2 Å². The van der Waals surface area contributed by atoms with Crippen LogP contribution in [-0.2, 0) is 6.42 Å². The van der Waals surface area contributed by atoms with Crippen molar-refractivity contribution in [1.82, 2.24) is 0 Å². The lowest BCUT2D eigenvalue weighted by Gasteiger charge is -2.09. The van der Waals surface area contributed by atoms with E-state index in [1.54, 1.807) is 12.1 Å². The molecule has 0 fully saturated rings. The van der Waals surface area contributed by atoms with Crippen molar-refractivity contribution in [2.75, 3.05) is 0 Å². The minimum absolute atomic E-state index is 0.0771. The molecule has 1 nitrogen and oxygen atoms in total. The molecule has 0 spiro atoms. The molecule has 0 saturated heterocycles. The lowest BCUT2D eigenvalue weighted by atomic mass is 10.1. The van der Waals surface area contributed by atoms with Gasteiger partial charge in [-0.2, -0.15) is 0 Å². The van der Waals surface area contributed by atoms with Crippen molar-refractivity contribution >= 4 is 54.8 Å². The Labute approximate surface area is 130 Å². The van der Waals surface area contributed by atoms with Crippen molar-refractivity contribution in [2.24, 2.45) is 0 Å². The van der Waals surface area contributed by atoms with Gasteiger partial charge in [-0.3, -0.25) is 0 Å². The van der Waals surface area contributed by atoms with Crippen molar-refractivity contribution in [3.8, 4) is 0 Å². The van der Waals surface area contributed by atoms with E-state index in [1.807, 2.05) is 6.07 Å². The van der Waals surface area contributed by atoms with Gasteiger partial charge in [-0.1, -0.05) is 23.7 Å². The summed E-state index contributed by atoms with van der Waals surface area (Å²) in [5, 5.41) is 10.2. The Bertz CT molecular complexity index is 554. The first-order valence-electron chi connectivity index (χ1n) is 5.04. The van der Waals surface area contributed by atoms with Gasteiger partial charge in [0.2, 0.25) is 0 Å². The smallest absolute Gasteiger partial charge is 0.145 e. The molecule has 1 atom stereocenters. The monoisotopic (exact) mass is 412 g/mol. The van der Waals surface area contributed by atoms with E-state index in [0.29, 0.717) is 5.56 Å². The molecule has 1 heterocycles. The number of aliphatic hydroxyl groups excluding tert-OH is 1. The number of rotatable bonds is 3. The SMILES string of the molecule is OC(Cc1cccc(Cl)c1F)c1cc(Br)c(Br)s1. The van der Waals surface area contributed by atoms with Crippen LogP contribution in [0.1, 0.15) is 16.5 Å². The first-order chi connectivity index (χ1) is 8.49. The Morgan fingerprint density at radius 1 is 1.39 bits per heavy atom. The molecule has 1 aromatic carbocycles. The normalized spacial score (nSPS) is 12.7. The van der Waals surface area contributed by atoms with Crippen LogP contribution in [0.25, 0.3) is 0 Å². The van der Waals surface area contributed by atoms with E-state index in [4.69, 9.17) is 11.6 Å². The highest BCUT2D eigenvalue weighted by atomic mass is 79.9. The molecule has 0 aliphatic carbocycles. The Balaban J connectivity index is 2.21. The third kappa shape index (κ3) is 3.14. The number of thiophene rings is 1. The van der Waals surface area contributed by atoms with Gasteiger partial charge in [0.25, 0.3) is 0 Å². The van der Waals surface area contributed by atoms with Gasteiger partial charge in [-0.15, -0.1) is 11.3 Å². The molecule has 0 saturated carbocycles. The van der Waals surface area contributed by atoms with Crippen LogP contribution in [0.4, 0.5) is 4.39 Å². The fraction of sp³-hybridized carbons (Fsp3) is 0.167. The summed E-state index contributed by atoms with van der Waals surface area (Å²) in [5.41, 5.74) is 0.413. The molecule has 1 unspecified atom stereocenters. The summed E-state index contributed by atoms with van der Waals surface area (Å²) in [6, 6.07) is 6.61. The second-order valence-electron chi connectivity index (χ2n) is 3.70. The van der Waals surface area contributed by atoms with Gasteiger partial charge >= 0.3 is 0 Å². The minimum Gasteiger partial charge on any atom is -0.387 e. The van der Waals surface area contributed by atoms with Crippen LogP contribution >= 0.6 is 54.8 Å². The Morgan fingerprint density at radius 3 is 2.72 bits per heavy atom. The number of aliphatic hydroxyl groups is 1. The molecule has 0 radical (unpaired) electrons. The van der Waals surface area contributed by atoms with Gasteiger partial charge in [0.05, 0.1) is 14.9 Å². The molecule has 0 aliphatic heterocycles. The van der Waals surface area contributed by atoms with Crippen LogP contribution < -0.4 is 0 Å². The van der Waals surface area contributed by atoms with Gasteiger partial charge in [-0.05, 0) is 49.6 Å². The third-order valence-electron chi connectivity index (χ3n) is 2.44. The van der Waals surface area contributed by atoms with Gasteiger partial charge in [-0.25, -0.2) is 4.39 Å². The molecule has 1 aromatic heterocycles. The third-order valence-corrected chi connectivity index (χ3v) is 6.09. The van der Waals surface area contributed by atoms with Gasteiger partial charge in [0.15, 0.2) is 0 Å². The van der Waals surface area contributed by atoms with Crippen LogP contribution in [0, 0.1) is 5.82 Å². The van der Waals surface area contributed by atoms with Crippen molar-refractivity contribution in [1.29, 1.82) is 0 Å². The number of benzene rings is 1. The van der Waals surface area contributed by atoms with Gasteiger partial charge in [0, 0.05) is 15.8 Å². The highest BCUT2D eigenvalue weighted by molar-refractivity contribution is 9.13. The van der Waals surface area contributed by atoms with Crippen LogP contribution in [0.2, 0.25) is 5.02 Å². The quantitative estimate of drug-likeness (QED) is 0.719.